The minimum absolute atomic E-state index is 0.0464. The van der Waals surface area contributed by atoms with Crippen LogP contribution in [0.15, 0.2) is 24.3 Å². The molecule has 0 saturated carbocycles. The van der Waals surface area contributed by atoms with Gasteiger partial charge in [-0.2, -0.15) is 0 Å². The maximum absolute atomic E-state index is 13.6. The maximum Gasteiger partial charge on any atom is 0.312 e. The monoisotopic (exact) mass is 691 g/mol. The van der Waals surface area contributed by atoms with Crippen LogP contribution in [0.1, 0.15) is 66.4 Å². The number of rotatable bonds is 18. The van der Waals surface area contributed by atoms with Crippen LogP contribution in [0.5, 0.6) is 0 Å². The van der Waals surface area contributed by atoms with Crippen molar-refractivity contribution in [2.75, 3.05) is 18.4 Å². The molecule has 0 aromatic heterocycles. The van der Waals surface area contributed by atoms with E-state index in [0.29, 0.717) is 11.3 Å². The van der Waals surface area contributed by atoms with Crippen molar-refractivity contribution < 1.29 is 38.3 Å². The molecule has 1 aromatic rings. The van der Waals surface area contributed by atoms with Crippen LogP contribution in [-0.4, -0.2) is 88.2 Å². The van der Waals surface area contributed by atoms with E-state index in [4.69, 9.17) is 16.2 Å². The van der Waals surface area contributed by atoms with Crippen molar-refractivity contribution >= 4 is 59.0 Å². The van der Waals surface area contributed by atoms with E-state index >= 15 is 0 Å². The van der Waals surface area contributed by atoms with E-state index < -0.39 is 64.9 Å². The lowest BCUT2D eigenvalue weighted by Crippen LogP contribution is -2.60. The fraction of sp³-hybridized carbons (Fsp3) is 0.594. The fourth-order valence-corrected chi connectivity index (χ4v) is 5.91. The van der Waals surface area contributed by atoms with Crippen LogP contribution in [0.25, 0.3) is 0 Å². The number of benzene rings is 1. The number of anilines is 1. The molecule has 2 rings (SSSR count). The molecule has 8 N–H and O–H groups in total. The molecular weight excluding hydrogens is 642 g/mol. The van der Waals surface area contributed by atoms with Gasteiger partial charge < -0.3 is 37.5 Å². The van der Waals surface area contributed by atoms with E-state index in [2.05, 4.69) is 21.3 Å². The number of nitrogens with two attached hydrogens (primary N) is 2. The number of hydrogen-bond acceptors (Lipinski definition) is 10. The number of esters is 1. The Balaban J connectivity index is 2.17. The van der Waals surface area contributed by atoms with E-state index in [1.165, 1.54) is 11.8 Å². The zero-order chi connectivity index (χ0) is 36.1. The number of carbonyl (C=O) groups excluding carboxylic acids is 7. The molecule has 16 heteroatoms. The van der Waals surface area contributed by atoms with Crippen molar-refractivity contribution in [2.24, 2.45) is 23.3 Å². The van der Waals surface area contributed by atoms with Gasteiger partial charge in [0.1, 0.15) is 24.7 Å². The van der Waals surface area contributed by atoms with Gasteiger partial charge in [-0.15, -0.1) is 11.8 Å². The highest BCUT2D eigenvalue weighted by molar-refractivity contribution is 8.01. The number of carbonyl (C=O) groups is 7. The lowest BCUT2D eigenvalue weighted by atomic mass is 10.0. The number of likely N-dealkylation sites (tertiary alicyclic amines) is 1. The molecule has 2 unspecified atom stereocenters. The summed E-state index contributed by atoms with van der Waals surface area (Å²) >= 11 is 1.33. The standard InChI is InChI=1S/C32H49N7O8S/c1-17(2)26(38-28(42)23(15-33)39-25(40)14-24(30(39)44)48-19(5)6)29(43)37-22(8-7-13-35-32(34)46)27(41)36-21-11-9-20(10-12-21)16-47-31(45)18(3)4/h9-12,17-19,22-24,26H,7-8,13-16,33H2,1-6H3,(H,36,41)(H,37,43)(H,38,42)(H3,34,35,46)/t22-,23?,24?,26-/m0/s1. The lowest BCUT2D eigenvalue weighted by molar-refractivity contribution is -0.148. The van der Waals surface area contributed by atoms with E-state index in [1.807, 2.05) is 13.8 Å². The second kappa shape index (κ2) is 19.0. The van der Waals surface area contributed by atoms with Crippen LogP contribution in [0.2, 0.25) is 0 Å². The summed E-state index contributed by atoms with van der Waals surface area (Å²) in [6.07, 6.45) is 0.344. The van der Waals surface area contributed by atoms with Gasteiger partial charge in [-0.1, -0.05) is 53.7 Å². The van der Waals surface area contributed by atoms with E-state index in [9.17, 15) is 33.6 Å². The number of thioether (sulfide) groups is 1. The third-order valence-electron chi connectivity index (χ3n) is 7.34. The molecule has 266 valence electrons. The molecule has 48 heavy (non-hydrogen) atoms. The van der Waals surface area contributed by atoms with Crippen LogP contribution in [0.4, 0.5) is 10.5 Å². The Bertz CT molecular complexity index is 1320. The molecule has 1 saturated heterocycles. The summed E-state index contributed by atoms with van der Waals surface area (Å²) in [6, 6.07) is 2.34. The van der Waals surface area contributed by atoms with Crippen LogP contribution in [0, 0.1) is 11.8 Å². The summed E-state index contributed by atoms with van der Waals surface area (Å²) < 4.78 is 5.23. The Hall–Kier alpha value is -4.18. The summed E-state index contributed by atoms with van der Waals surface area (Å²) in [4.78, 5) is 89.9. The largest absolute Gasteiger partial charge is 0.461 e. The van der Waals surface area contributed by atoms with Crippen molar-refractivity contribution in [2.45, 2.75) is 96.0 Å². The van der Waals surface area contributed by atoms with Gasteiger partial charge in [0.15, 0.2) is 0 Å². The molecule has 7 amide bonds. The zero-order valence-electron chi connectivity index (χ0n) is 28.4. The second-order valence-electron chi connectivity index (χ2n) is 12.4. The predicted octanol–water partition coefficient (Wildman–Crippen LogP) is 0.995. The Morgan fingerprint density at radius 1 is 0.958 bits per heavy atom. The molecule has 0 aliphatic carbocycles. The Morgan fingerprint density at radius 2 is 1.60 bits per heavy atom. The summed E-state index contributed by atoms with van der Waals surface area (Å²) in [5.41, 5.74) is 12.1. The Morgan fingerprint density at radius 3 is 2.15 bits per heavy atom. The number of primary amides is 1. The van der Waals surface area contributed by atoms with Gasteiger partial charge in [0.2, 0.25) is 29.5 Å². The highest BCUT2D eigenvalue weighted by Crippen LogP contribution is 2.29. The number of nitrogens with one attached hydrogen (secondary N) is 4. The minimum atomic E-state index is -1.31. The fourth-order valence-electron chi connectivity index (χ4n) is 4.78. The Kier molecular flexibility index (Phi) is 15.8. The van der Waals surface area contributed by atoms with Gasteiger partial charge in [-0.05, 0) is 41.7 Å². The first-order chi connectivity index (χ1) is 22.5. The molecule has 0 bridgehead atoms. The first kappa shape index (κ1) is 40.0. The van der Waals surface area contributed by atoms with Crippen LogP contribution in [0.3, 0.4) is 0 Å². The molecule has 1 aromatic carbocycles. The molecule has 0 spiro atoms. The molecule has 1 aliphatic heterocycles. The van der Waals surface area contributed by atoms with Crippen molar-refractivity contribution in [1.82, 2.24) is 20.9 Å². The average molecular weight is 692 g/mol. The van der Waals surface area contributed by atoms with Gasteiger partial charge >= 0.3 is 12.0 Å². The third kappa shape index (κ3) is 12.1. The predicted molar refractivity (Wildman–Crippen MR) is 181 cm³/mol. The smallest absolute Gasteiger partial charge is 0.312 e. The van der Waals surface area contributed by atoms with Gasteiger partial charge in [0.25, 0.3) is 0 Å². The van der Waals surface area contributed by atoms with Gasteiger partial charge in [-0.25, -0.2) is 4.79 Å². The number of ether oxygens (including phenoxy) is 1. The first-order valence-electron chi connectivity index (χ1n) is 16.0. The number of imide groups is 1. The zero-order valence-corrected chi connectivity index (χ0v) is 29.2. The van der Waals surface area contributed by atoms with E-state index in [0.717, 1.165) is 4.90 Å². The summed E-state index contributed by atoms with van der Waals surface area (Å²) in [7, 11) is 0. The van der Waals surface area contributed by atoms with Crippen molar-refractivity contribution in [1.29, 1.82) is 0 Å². The molecule has 4 atom stereocenters. The quantitative estimate of drug-likeness (QED) is 0.0726. The molecule has 15 nitrogen and oxygen atoms in total. The van der Waals surface area contributed by atoms with Crippen LogP contribution >= 0.6 is 11.8 Å². The third-order valence-corrected chi connectivity index (χ3v) is 8.58. The van der Waals surface area contributed by atoms with Crippen molar-refractivity contribution in [3.05, 3.63) is 29.8 Å². The van der Waals surface area contributed by atoms with E-state index in [1.54, 1.807) is 52.0 Å². The van der Waals surface area contributed by atoms with Crippen molar-refractivity contribution in [3.63, 3.8) is 0 Å². The van der Waals surface area contributed by atoms with Gasteiger partial charge in [0.05, 0.1) is 11.2 Å². The molecular formula is C32H49N7O8S. The molecule has 1 heterocycles. The van der Waals surface area contributed by atoms with Gasteiger partial charge in [0, 0.05) is 25.2 Å². The maximum atomic E-state index is 13.6. The number of hydrogen-bond donors (Lipinski definition) is 6. The highest BCUT2D eigenvalue weighted by atomic mass is 32.2. The normalized spacial score (nSPS) is 16.5. The summed E-state index contributed by atoms with van der Waals surface area (Å²) in [5, 5.41) is 9.97. The summed E-state index contributed by atoms with van der Waals surface area (Å²) in [5.74, 6) is -4.07. The van der Waals surface area contributed by atoms with Crippen LogP contribution < -0.4 is 32.7 Å². The molecule has 1 aliphatic rings. The summed E-state index contributed by atoms with van der Waals surface area (Å²) in [6.45, 7) is 10.5. The molecule has 0 radical (unpaired) electrons. The average Bonchev–Trinajstić information content (AvgIpc) is 3.27. The van der Waals surface area contributed by atoms with Gasteiger partial charge in [-0.3, -0.25) is 33.7 Å². The number of nitrogens with zero attached hydrogens (tertiary/aromatic N) is 1. The topological polar surface area (TPSA) is 232 Å². The minimum Gasteiger partial charge on any atom is -0.461 e. The highest BCUT2D eigenvalue weighted by Gasteiger charge is 2.45. The first-order valence-corrected chi connectivity index (χ1v) is 16.9. The Labute approximate surface area is 285 Å². The lowest BCUT2D eigenvalue weighted by Gasteiger charge is -2.29. The number of amides is 7. The van der Waals surface area contributed by atoms with Crippen molar-refractivity contribution in [3.8, 4) is 0 Å². The van der Waals surface area contributed by atoms with E-state index in [-0.39, 0.29) is 56.1 Å². The second-order valence-corrected chi connectivity index (χ2v) is 14.2. The SMILES string of the molecule is CC(C)SC1CC(=O)N(C(CN)C(=O)N[C@H](C(=O)N[C@@H](CCCNC(N)=O)C(=O)Nc2ccc(COC(=O)C(C)C)cc2)C(C)C)C1=O. The number of urea groups is 1. The van der Waals surface area contributed by atoms with Crippen LogP contribution in [-0.2, 0) is 40.1 Å². The molecule has 1 fully saturated rings.